The van der Waals surface area contributed by atoms with Gasteiger partial charge in [0.05, 0.1) is 7.11 Å². The maximum absolute atomic E-state index is 13.2. The summed E-state index contributed by atoms with van der Waals surface area (Å²) in [5.74, 6) is 0.692. The molecule has 19 heavy (non-hydrogen) atoms. The van der Waals surface area contributed by atoms with Gasteiger partial charge in [-0.1, -0.05) is 40.2 Å². The minimum absolute atomic E-state index is 0.166. The first kappa shape index (κ1) is 14.1. The van der Waals surface area contributed by atoms with E-state index in [-0.39, 0.29) is 10.6 Å². The molecule has 0 radical (unpaired) electrons. The van der Waals surface area contributed by atoms with E-state index in [9.17, 15) is 4.39 Å². The molecule has 1 nitrogen and oxygen atoms in total. The molecule has 0 saturated carbocycles. The van der Waals surface area contributed by atoms with Gasteiger partial charge in [-0.05, 0) is 48.2 Å². The molecular weight excluding hydrogens is 307 g/mol. The van der Waals surface area contributed by atoms with Gasteiger partial charge in [-0.2, -0.15) is 0 Å². The third-order valence-electron chi connectivity index (χ3n) is 3.08. The molecule has 2 rings (SSSR count). The highest BCUT2D eigenvalue weighted by Gasteiger charge is 2.10. The van der Waals surface area contributed by atoms with Gasteiger partial charge in [0.2, 0.25) is 0 Å². The lowest BCUT2D eigenvalue weighted by Gasteiger charge is -2.13. The molecule has 100 valence electrons. The fraction of sp³-hybridized carbons (Fsp3) is 0.250. The summed E-state index contributed by atoms with van der Waals surface area (Å²) >= 11 is 3.66. The van der Waals surface area contributed by atoms with Crippen molar-refractivity contribution in [3.8, 4) is 5.75 Å². The molecular formula is C16H16BrFO. The highest BCUT2D eigenvalue weighted by atomic mass is 79.9. The van der Waals surface area contributed by atoms with Crippen molar-refractivity contribution in [1.29, 1.82) is 0 Å². The number of alkyl halides is 1. The second kappa shape index (κ2) is 6.20. The van der Waals surface area contributed by atoms with Gasteiger partial charge >= 0.3 is 0 Å². The average Bonchev–Trinajstić information content (AvgIpc) is 2.38. The summed E-state index contributed by atoms with van der Waals surface area (Å²) in [5, 5.41) is 0. The van der Waals surface area contributed by atoms with Crippen LogP contribution in [0.25, 0.3) is 0 Å². The minimum Gasteiger partial charge on any atom is -0.496 e. The Balaban J connectivity index is 2.15. The first-order valence-corrected chi connectivity index (χ1v) is 7.05. The van der Waals surface area contributed by atoms with E-state index >= 15 is 0 Å². The topological polar surface area (TPSA) is 9.23 Å². The summed E-state index contributed by atoms with van der Waals surface area (Å²) in [6.45, 7) is 2.02. The third kappa shape index (κ3) is 3.57. The SMILES string of the molecule is COc1ccc(C(Br)Cc2cccc(F)c2)cc1C. The van der Waals surface area contributed by atoms with Crippen molar-refractivity contribution in [2.24, 2.45) is 0 Å². The molecule has 0 amide bonds. The molecule has 0 aliphatic carbocycles. The molecule has 0 saturated heterocycles. The molecule has 3 heteroatoms. The summed E-state index contributed by atoms with van der Waals surface area (Å²) in [7, 11) is 1.67. The van der Waals surface area contributed by atoms with Crippen LogP contribution in [0.1, 0.15) is 21.5 Å². The standard InChI is InChI=1S/C16H16BrFO/c1-11-8-13(6-7-16(11)19-2)15(17)10-12-4-3-5-14(18)9-12/h3-9,15H,10H2,1-2H3. The number of benzene rings is 2. The van der Waals surface area contributed by atoms with Crippen LogP contribution < -0.4 is 4.74 Å². The molecule has 0 aromatic heterocycles. The quantitative estimate of drug-likeness (QED) is 0.733. The molecule has 1 unspecified atom stereocenters. The maximum atomic E-state index is 13.2. The minimum atomic E-state index is -0.192. The molecule has 0 aliphatic heterocycles. The highest BCUT2D eigenvalue weighted by molar-refractivity contribution is 9.09. The summed E-state index contributed by atoms with van der Waals surface area (Å²) < 4.78 is 18.4. The molecule has 2 aromatic rings. The largest absolute Gasteiger partial charge is 0.496 e. The lowest BCUT2D eigenvalue weighted by molar-refractivity contribution is 0.411. The number of ether oxygens (including phenoxy) is 1. The van der Waals surface area contributed by atoms with Crippen LogP contribution in [0.3, 0.4) is 0 Å². The van der Waals surface area contributed by atoms with Gasteiger partial charge in [0.1, 0.15) is 11.6 Å². The number of halogens is 2. The van der Waals surface area contributed by atoms with Gasteiger partial charge in [-0.25, -0.2) is 4.39 Å². The molecule has 0 spiro atoms. The van der Waals surface area contributed by atoms with Crippen LogP contribution >= 0.6 is 15.9 Å². The third-order valence-corrected chi connectivity index (χ3v) is 3.94. The Morgan fingerprint density at radius 2 is 2.00 bits per heavy atom. The summed E-state index contributed by atoms with van der Waals surface area (Å²) in [6.07, 6.45) is 0.754. The summed E-state index contributed by atoms with van der Waals surface area (Å²) in [6, 6.07) is 12.8. The zero-order valence-electron chi connectivity index (χ0n) is 11.0. The van der Waals surface area contributed by atoms with E-state index in [0.29, 0.717) is 0 Å². The first-order valence-electron chi connectivity index (χ1n) is 6.13. The molecule has 1 atom stereocenters. The van der Waals surface area contributed by atoms with E-state index in [1.54, 1.807) is 19.2 Å². The van der Waals surface area contributed by atoms with Crippen molar-refractivity contribution in [2.45, 2.75) is 18.2 Å². The van der Waals surface area contributed by atoms with E-state index in [4.69, 9.17) is 4.74 Å². The Hall–Kier alpha value is -1.35. The van der Waals surface area contributed by atoms with Gasteiger partial charge in [0, 0.05) is 4.83 Å². The van der Waals surface area contributed by atoms with Gasteiger partial charge < -0.3 is 4.74 Å². The van der Waals surface area contributed by atoms with Crippen LogP contribution in [-0.4, -0.2) is 7.11 Å². The summed E-state index contributed by atoms with van der Waals surface area (Å²) in [5.41, 5.74) is 3.25. The molecule has 0 N–H and O–H groups in total. The monoisotopic (exact) mass is 322 g/mol. The Kier molecular flexibility index (Phi) is 4.59. The molecule has 0 heterocycles. The Bertz CT molecular complexity index is 568. The van der Waals surface area contributed by atoms with Crippen LogP contribution in [0.2, 0.25) is 0 Å². The van der Waals surface area contributed by atoms with Gasteiger partial charge in [0.25, 0.3) is 0 Å². The highest BCUT2D eigenvalue weighted by Crippen LogP contribution is 2.30. The number of hydrogen-bond donors (Lipinski definition) is 0. The van der Waals surface area contributed by atoms with E-state index in [1.807, 2.05) is 25.1 Å². The van der Waals surface area contributed by atoms with Crippen molar-refractivity contribution < 1.29 is 9.13 Å². The van der Waals surface area contributed by atoms with E-state index in [2.05, 4.69) is 22.0 Å². The second-order valence-electron chi connectivity index (χ2n) is 4.53. The summed E-state index contributed by atoms with van der Waals surface area (Å²) in [4.78, 5) is 0.166. The Morgan fingerprint density at radius 1 is 1.21 bits per heavy atom. The van der Waals surface area contributed by atoms with E-state index in [0.717, 1.165) is 23.3 Å². The first-order chi connectivity index (χ1) is 9.10. The number of hydrogen-bond acceptors (Lipinski definition) is 1. The van der Waals surface area contributed by atoms with E-state index in [1.165, 1.54) is 11.6 Å². The normalized spacial score (nSPS) is 12.2. The molecule has 0 bridgehead atoms. The number of methoxy groups -OCH3 is 1. The zero-order valence-corrected chi connectivity index (χ0v) is 12.6. The molecule has 0 aliphatic rings. The fourth-order valence-corrected chi connectivity index (χ4v) is 2.74. The maximum Gasteiger partial charge on any atom is 0.123 e. The van der Waals surface area contributed by atoms with Gasteiger partial charge in [0.15, 0.2) is 0 Å². The smallest absolute Gasteiger partial charge is 0.123 e. The Morgan fingerprint density at radius 3 is 2.63 bits per heavy atom. The van der Waals surface area contributed by atoms with Crippen molar-refractivity contribution in [1.82, 2.24) is 0 Å². The molecule has 0 fully saturated rings. The van der Waals surface area contributed by atoms with Crippen molar-refractivity contribution in [2.75, 3.05) is 7.11 Å². The van der Waals surface area contributed by atoms with Crippen LogP contribution in [0.15, 0.2) is 42.5 Å². The van der Waals surface area contributed by atoms with Crippen LogP contribution in [0.5, 0.6) is 5.75 Å². The zero-order chi connectivity index (χ0) is 13.8. The van der Waals surface area contributed by atoms with Crippen molar-refractivity contribution in [3.63, 3.8) is 0 Å². The lowest BCUT2D eigenvalue weighted by Crippen LogP contribution is -1.97. The Labute approximate surface area is 121 Å². The van der Waals surface area contributed by atoms with Gasteiger partial charge in [-0.15, -0.1) is 0 Å². The fourth-order valence-electron chi connectivity index (χ4n) is 2.09. The molecule has 2 aromatic carbocycles. The van der Waals surface area contributed by atoms with Crippen LogP contribution in [0, 0.1) is 12.7 Å². The number of rotatable bonds is 4. The van der Waals surface area contributed by atoms with Crippen LogP contribution in [-0.2, 0) is 6.42 Å². The predicted octanol–water partition coefficient (Wildman–Crippen LogP) is 4.82. The van der Waals surface area contributed by atoms with Crippen molar-refractivity contribution >= 4 is 15.9 Å². The van der Waals surface area contributed by atoms with E-state index < -0.39 is 0 Å². The number of aryl methyl sites for hydroxylation is 1. The predicted molar refractivity (Wildman–Crippen MR) is 79.5 cm³/mol. The van der Waals surface area contributed by atoms with Crippen LogP contribution in [0.4, 0.5) is 4.39 Å². The lowest BCUT2D eigenvalue weighted by atomic mass is 10.0. The van der Waals surface area contributed by atoms with Gasteiger partial charge in [-0.3, -0.25) is 0 Å². The average molecular weight is 323 g/mol. The second-order valence-corrected chi connectivity index (χ2v) is 5.64. The van der Waals surface area contributed by atoms with Crippen molar-refractivity contribution in [3.05, 3.63) is 65.0 Å².